The van der Waals surface area contributed by atoms with Crippen molar-refractivity contribution in [2.75, 3.05) is 20.6 Å². The number of fused-ring (bicyclic) bond motifs is 1. The van der Waals surface area contributed by atoms with E-state index in [9.17, 15) is 19.2 Å². The predicted molar refractivity (Wildman–Crippen MR) is 123 cm³/mol. The summed E-state index contributed by atoms with van der Waals surface area (Å²) in [6.45, 7) is -0.382. The monoisotopic (exact) mass is 464 g/mol. The van der Waals surface area contributed by atoms with E-state index in [0.717, 1.165) is 10.1 Å². The molecule has 2 amide bonds. The molecule has 0 fully saturated rings. The molecule has 1 aromatic carbocycles. The van der Waals surface area contributed by atoms with Gasteiger partial charge in [0.1, 0.15) is 12.3 Å². The highest BCUT2D eigenvalue weighted by Crippen LogP contribution is 2.12. The summed E-state index contributed by atoms with van der Waals surface area (Å²) in [5.74, 6) is -0.336. The predicted octanol–water partition coefficient (Wildman–Crippen LogP) is 0.254. The number of likely N-dealkylation sites (N-methyl/N-ethyl adjacent to an activating group) is 1. The average Bonchev–Trinajstić information content (AvgIpc) is 3.49. The fraction of sp³-hybridized carbons (Fsp3) is 0.261. The van der Waals surface area contributed by atoms with E-state index in [0.29, 0.717) is 5.76 Å². The number of carbonyl (C=O) groups is 2. The molecule has 3 heterocycles. The van der Waals surface area contributed by atoms with Crippen molar-refractivity contribution in [1.82, 2.24) is 28.9 Å². The Morgan fingerprint density at radius 3 is 2.47 bits per heavy atom. The second-order valence-corrected chi connectivity index (χ2v) is 7.93. The van der Waals surface area contributed by atoms with E-state index >= 15 is 0 Å². The van der Waals surface area contributed by atoms with Crippen LogP contribution in [0.15, 0.2) is 69.1 Å². The molecular formula is C23H24N6O5. The Labute approximate surface area is 193 Å². The van der Waals surface area contributed by atoms with Gasteiger partial charge in [0.05, 0.1) is 32.2 Å². The van der Waals surface area contributed by atoms with Gasteiger partial charge in [-0.15, -0.1) is 0 Å². The summed E-state index contributed by atoms with van der Waals surface area (Å²) in [4.78, 5) is 56.6. The minimum atomic E-state index is -0.668. The van der Waals surface area contributed by atoms with Crippen molar-refractivity contribution < 1.29 is 14.0 Å². The topological polar surface area (TPSA) is 124 Å². The number of rotatable bonds is 8. The number of hydrogen-bond donors (Lipinski definition) is 1. The first-order chi connectivity index (χ1) is 16.3. The Kier molecular flexibility index (Phi) is 6.44. The molecule has 11 nitrogen and oxygen atoms in total. The summed E-state index contributed by atoms with van der Waals surface area (Å²) >= 11 is 0. The number of amides is 2. The van der Waals surface area contributed by atoms with Crippen LogP contribution in [0.2, 0.25) is 0 Å². The van der Waals surface area contributed by atoms with Gasteiger partial charge in [-0.05, 0) is 17.7 Å². The number of carbonyl (C=O) groups excluding carboxylic acids is 2. The summed E-state index contributed by atoms with van der Waals surface area (Å²) < 4.78 is 9.20. The Bertz CT molecular complexity index is 1430. The van der Waals surface area contributed by atoms with Crippen molar-refractivity contribution in [3.05, 3.63) is 87.2 Å². The first-order valence-electron chi connectivity index (χ1n) is 10.6. The molecule has 0 saturated carbocycles. The first-order valence-corrected chi connectivity index (χ1v) is 10.6. The molecule has 0 radical (unpaired) electrons. The van der Waals surface area contributed by atoms with E-state index < -0.39 is 23.7 Å². The van der Waals surface area contributed by atoms with E-state index in [4.69, 9.17) is 4.42 Å². The molecule has 1 N–H and O–H groups in total. The second kappa shape index (κ2) is 9.61. The van der Waals surface area contributed by atoms with Crippen LogP contribution in [0.1, 0.15) is 11.3 Å². The molecular weight excluding hydrogens is 440 g/mol. The van der Waals surface area contributed by atoms with Crippen molar-refractivity contribution in [2.24, 2.45) is 0 Å². The third kappa shape index (κ3) is 4.68. The largest absolute Gasteiger partial charge is 0.467 e. The van der Waals surface area contributed by atoms with Crippen LogP contribution in [-0.4, -0.2) is 56.0 Å². The summed E-state index contributed by atoms with van der Waals surface area (Å²) in [5.41, 5.74) is -0.104. The average molecular weight is 464 g/mol. The van der Waals surface area contributed by atoms with Crippen LogP contribution in [0.5, 0.6) is 0 Å². The van der Waals surface area contributed by atoms with Gasteiger partial charge in [-0.1, -0.05) is 30.3 Å². The summed E-state index contributed by atoms with van der Waals surface area (Å²) in [7, 11) is 3.13. The zero-order chi connectivity index (χ0) is 24.2. The SMILES string of the molecule is CN(C)C(=O)CNC(=O)Cn1c(=O)c2c(ncn2Cc2ccco2)n(Cc2ccccc2)c1=O. The van der Waals surface area contributed by atoms with Crippen LogP contribution in [0.25, 0.3) is 11.2 Å². The van der Waals surface area contributed by atoms with Crippen LogP contribution >= 0.6 is 0 Å². The highest BCUT2D eigenvalue weighted by molar-refractivity contribution is 5.84. The van der Waals surface area contributed by atoms with Crippen molar-refractivity contribution in [3.8, 4) is 0 Å². The number of imidazole rings is 1. The fourth-order valence-electron chi connectivity index (χ4n) is 3.51. The second-order valence-electron chi connectivity index (χ2n) is 7.93. The number of nitrogens with one attached hydrogen (secondary N) is 1. The highest BCUT2D eigenvalue weighted by atomic mass is 16.3. The lowest BCUT2D eigenvalue weighted by Gasteiger charge is -2.14. The van der Waals surface area contributed by atoms with E-state index in [1.807, 2.05) is 30.3 Å². The standard InChI is InChI=1S/C23H24N6O5/c1-26(2)19(31)11-24-18(30)14-29-22(32)20-21(25-15-27(20)13-17-9-6-10-34-17)28(23(29)33)12-16-7-4-3-5-8-16/h3-10,15H,11-14H2,1-2H3,(H,24,30). The van der Waals surface area contributed by atoms with Crippen LogP contribution < -0.4 is 16.6 Å². The maximum Gasteiger partial charge on any atom is 0.333 e. The lowest BCUT2D eigenvalue weighted by molar-refractivity contribution is -0.131. The van der Waals surface area contributed by atoms with E-state index in [1.54, 1.807) is 30.8 Å². The van der Waals surface area contributed by atoms with Crippen molar-refractivity contribution in [1.29, 1.82) is 0 Å². The van der Waals surface area contributed by atoms with Crippen molar-refractivity contribution in [2.45, 2.75) is 19.6 Å². The van der Waals surface area contributed by atoms with Gasteiger partial charge in [-0.3, -0.25) is 19.0 Å². The summed E-state index contributed by atoms with van der Waals surface area (Å²) in [6, 6.07) is 12.8. The molecule has 0 spiro atoms. The van der Waals surface area contributed by atoms with Gasteiger partial charge in [-0.25, -0.2) is 14.3 Å². The molecule has 4 rings (SSSR count). The van der Waals surface area contributed by atoms with Crippen LogP contribution in [0, 0.1) is 0 Å². The number of furan rings is 1. The zero-order valence-corrected chi connectivity index (χ0v) is 18.8. The molecule has 0 aliphatic rings. The lowest BCUT2D eigenvalue weighted by atomic mass is 10.2. The molecule has 0 saturated heterocycles. The van der Waals surface area contributed by atoms with Gasteiger partial charge in [0.2, 0.25) is 11.8 Å². The van der Waals surface area contributed by atoms with E-state index in [2.05, 4.69) is 10.3 Å². The maximum absolute atomic E-state index is 13.3. The Morgan fingerprint density at radius 1 is 1.03 bits per heavy atom. The van der Waals surface area contributed by atoms with Gasteiger partial charge in [-0.2, -0.15) is 0 Å². The normalized spacial score (nSPS) is 11.0. The maximum atomic E-state index is 13.3. The Balaban J connectivity index is 1.77. The minimum absolute atomic E-state index is 0.162. The Morgan fingerprint density at radius 2 is 1.79 bits per heavy atom. The fourth-order valence-corrected chi connectivity index (χ4v) is 3.51. The molecule has 34 heavy (non-hydrogen) atoms. The van der Waals surface area contributed by atoms with Crippen molar-refractivity contribution in [3.63, 3.8) is 0 Å². The number of hydrogen-bond acceptors (Lipinski definition) is 6. The molecule has 176 valence electrons. The number of aromatic nitrogens is 4. The molecule has 0 aliphatic heterocycles. The van der Waals surface area contributed by atoms with Gasteiger partial charge < -0.3 is 19.2 Å². The van der Waals surface area contributed by atoms with Crippen LogP contribution in [0.4, 0.5) is 0 Å². The molecule has 0 bridgehead atoms. The van der Waals surface area contributed by atoms with Gasteiger partial charge >= 0.3 is 5.69 Å². The lowest BCUT2D eigenvalue weighted by Crippen LogP contribution is -2.45. The Hall–Kier alpha value is -4.41. The third-order valence-corrected chi connectivity index (χ3v) is 5.31. The molecule has 4 aromatic rings. The number of benzene rings is 1. The number of nitrogens with zero attached hydrogens (tertiary/aromatic N) is 5. The molecule has 0 aliphatic carbocycles. The molecule has 11 heteroatoms. The zero-order valence-electron chi connectivity index (χ0n) is 18.8. The van der Waals surface area contributed by atoms with Crippen LogP contribution in [-0.2, 0) is 29.2 Å². The quantitative estimate of drug-likeness (QED) is 0.399. The molecule has 3 aromatic heterocycles. The van der Waals surface area contributed by atoms with Gasteiger partial charge in [0.25, 0.3) is 5.56 Å². The molecule has 0 atom stereocenters. The van der Waals surface area contributed by atoms with Crippen molar-refractivity contribution >= 4 is 23.0 Å². The third-order valence-electron chi connectivity index (χ3n) is 5.31. The van der Waals surface area contributed by atoms with Gasteiger partial charge in [0.15, 0.2) is 11.2 Å². The van der Waals surface area contributed by atoms with E-state index in [1.165, 1.54) is 22.1 Å². The van der Waals surface area contributed by atoms with Gasteiger partial charge in [0, 0.05) is 14.1 Å². The summed E-state index contributed by atoms with van der Waals surface area (Å²) in [5, 5.41) is 2.45. The van der Waals surface area contributed by atoms with E-state index in [-0.39, 0.29) is 36.7 Å². The smallest absolute Gasteiger partial charge is 0.333 e. The minimum Gasteiger partial charge on any atom is -0.467 e. The molecule has 0 unspecified atom stereocenters. The summed E-state index contributed by atoms with van der Waals surface area (Å²) in [6.07, 6.45) is 2.99. The first kappa shape index (κ1) is 22.8. The highest BCUT2D eigenvalue weighted by Gasteiger charge is 2.20. The van der Waals surface area contributed by atoms with Crippen LogP contribution in [0.3, 0.4) is 0 Å².